The van der Waals surface area contributed by atoms with E-state index in [-0.39, 0.29) is 35.1 Å². The van der Waals surface area contributed by atoms with Crippen LogP contribution >= 0.6 is 23.2 Å². The van der Waals surface area contributed by atoms with Crippen LogP contribution in [-0.2, 0) is 19.6 Å². The number of rotatable bonds is 7. The maximum atomic E-state index is 13.1. The number of ether oxygens (including phenoxy) is 1. The number of para-hydroxylation sites is 1. The first-order valence-electron chi connectivity index (χ1n) is 11.0. The molecule has 1 atom stereocenters. The largest absolute Gasteiger partial charge is 0.370 e. The van der Waals surface area contributed by atoms with Crippen LogP contribution in [-0.4, -0.2) is 75.5 Å². The molecule has 2 aromatic carbocycles. The van der Waals surface area contributed by atoms with E-state index in [9.17, 15) is 13.2 Å². The Bertz CT molecular complexity index is 1080. The summed E-state index contributed by atoms with van der Waals surface area (Å²) in [5.41, 5.74) is 1.16. The van der Waals surface area contributed by atoms with Gasteiger partial charge in [0.2, 0.25) is 15.9 Å². The molecule has 7 nitrogen and oxygen atoms in total. The third-order valence-corrected chi connectivity index (χ3v) is 8.80. The average molecular weight is 512 g/mol. The maximum Gasteiger partial charge on any atom is 0.248 e. The van der Waals surface area contributed by atoms with Crippen molar-refractivity contribution in [2.45, 2.75) is 23.8 Å². The van der Waals surface area contributed by atoms with E-state index in [1.807, 2.05) is 18.2 Å². The molecule has 33 heavy (non-hydrogen) atoms. The molecule has 1 amide bonds. The zero-order valence-corrected chi connectivity index (χ0v) is 20.5. The van der Waals surface area contributed by atoms with Crippen molar-refractivity contribution in [1.29, 1.82) is 0 Å². The van der Waals surface area contributed by atoms with E-state index in [0.717, 1.165) is 25.2 Å². The van der Waals surface area contributed by atoms with Gasteiger partial charge in [0.1, 0.15) is 6.61 Å². The van der Waals surface area contributed by atoms with Gasteiger partial charge in [-0.05, 0) is 43.2 Å². The van der Waals surface area contributed by atoms with Gasteiger partial charge < -0.3 is 14.5 Å². The highest BCUT2D eigenvalue weighted by atomic mass is 35.5. The maximum absolute atomic E-state index is 13.1. The molecular weight excluding hydrogens is 485 g/mol. The predicted octanol–water partition coefficient (Wildman–Crippen LogP) is 3.51. The fourth-order valence-electron chi connectivity index (χ4n) is 4.29. The fourth-order valence-corrected chi connectivity index (χ4v) is 6.36. The average Bonchev–Trinajstić information content (AvgIpc) is 3.31. The molecular formula is C23H27Cl2N3O4S. The lowest BCUT2D eigenvalue weighted by molar-refractivity contribution is -0.136. The van der Waals surface area contributed by atoms with Crippen LogP contribution in [0.25, 0.3) is 0 Å². The number of anilines is 1. The summed E-state index contributed by atoms with van der Waals surface area (Å²) in [7, 11) is -3.72. The number of hydrogen-bond donors (Lipinski definition) is 0. The highest BCUT2D eigenvalue weighted by molar-refractivity contribution is 7.89. The molecule has 0 radical (unpaired) electrons. The SMILES string of the molecule is O=C(COCC1CCCN1S(=O)(=O)c1ccc(Cl)c(Cl)c1)N1CCN(c2ccccc2)CC1. The minimum Gasteiger partial charge on any atom is -0.370 e. The Balaban J connectivity index is 1.27. The Morgan fingerprint density at radius 3 is 2.39 bits per heavy atom. The number of nitrogens with zero attached hydrogens (tertiary/aromatic N) is 3. The number of halogens is 2. The number of carbonyl (C=O) groups is 1. The molecule has 0 spiro atoms. The Morgan fingerprint density at radius 2 is 1.70 bits per heavy atom. The fraction of sp³-hybridized carbons (Fsp3) is 0.435. The summed E-state index contributed by atoms with van der Waals surface area (Å²) >= 11 is 11.9. The second-order valence-corrected chi connectivity index (χ2v) is 10.9. The first kappa shape index (κ1) is 24.3. The second kappa shape index (κ2) is 10.6. The van der Waals surface area contributed by atoms with Crippen molar-refractivity contribution in [2.75, 3.05) is 50.8 Å². The first-order valence-corrected chi connectivity index (χ1v) is 13.2. The zero-order valence-electron chi connectivity index (χ0n) is 18.2. The molecule has 2 heterocycles. The zero-order chi connectivity index (χ0) is 23.4. The third kappa shape index (κ3) is 5.63. The van der Waals surface area contributed by atoms with Crippen LogP contribution in [0.15, 0.2) is 53.4 Å². The molecule has 2 aliphatic heterocycles. The summed E-state index contributed by atoms with van der Waals surface area (Å²) in [5, 5.41) is 0.503. The number of sulfonamides is 1. The van der Waals surface area contributed by atoms with Gasteiger partial charge in [0, 0.05) is 44.5 Å². The number of hydrogen-bond acceptors (Lipinski definition) is 5. The van der Waals surface area contributed by atoms with Gasteiger partial charge in [-0.15, -0.1) is 0 Å². The lowest BCUT2D eigenvalue weighted by Crippen LogP contribution is -2.50. The summed E-state index contributed by atoms with van der Waals surface area (Å²) in [5.74, 6) is -0.0698. The molecule has 1 unspecified atom stereocenters. The molecule has 2 aliphatic rings. The van der Waals surface area contributed by atoms with E-state index in [1.165, 1.54) is 22.5 Å². The molecule has 2 saturated heterocycles. The molecule has 0 bridgehead atoms. The van der Waals surface area contributed by atoms with Crippen LogP contribution < -0.4 is 4.90 Å². The monoisotopic (exact) mass is 511 g/mol. The standard InChI is InChI=1S/C23H27Cl2N3O4S/c24-21-9-8-20(15-22(21)25)33(30,31)28-10-4-7-19(28)16-32-17-23(29)27-13-11-26(12-14-27)18-5-2-1-3-6-18/h1-3,5-6,8-9,15,19H,4,7,10-14,16-17H2. The summed E-state index contributed by atoms with van der Waals surface area (Å²) < 4.78 is 33.3. The van der Waals surface area contributed by atoms with Gasteiger partial charge in [0.15, 0.2) is 0 Å². The van der Waals surface area contributed by atoms with Crippen LogP contribution in [0.4, 0.5) is 5.69 Å². The van der Waals surface area contributed by atoms with Crippen LogP contribution in [0.5, 0.6) is 0 Å². The summed E-state index contributed by atoms with van der Waals surface area (Å²) in [4.78, 5) is 16.8. The van der Waals surface area contributed by atoms with Crippen LogP contribution in [0.2, 0.25) is 10.0 Å². The van der Waals surface area contributed by atoms with E-state index < -0.39 is 10.0 Å². The topological polar surface area (TPSA) is 70.2 Å². The van der Waals surface area contributed by atoms with Crippen molar-refractivity contribution in [3.05, 3.63) is 58.6 Å². The predicted molar refractivity (Wildman–Crippen MR) is 129 cm³/mol. The number of carbonyl (C=O) groups excluding carboxylic acids is 1. The van der Waals surface area contributed by atoms with Gasteiger partial charge in [-0.1, -0.05) is 41.4 Å². The van der Waals surface area contributed by atoms with Gasteiger partial charge in [-0.25, -0.2) is 8.42 Å². The number of amides is 1. The molecule has 0 N–H and O–H groups in total. The minimum absolute atomic E-state index is 0.0531. The molecule has 2 fully saturated rings. The summed E-state index contributed by atoms with van der Waals surface area (Å²) in [6.45, 7) is 3.35. The van der Waals surface area contributed by atoms with Crippen molar-refractivity contribution in [2.24, 2.45) is 0 Å². The molecule has 0 saturated carbocycles. The van der Waals surface area contributed by atoms with E-state index in [0.29, 0.717) is 31.1 Å². The van der Waals surface area contributed by atoms with Gasteiger partial charge in [0.05, 0.1) is 21.5 Å². The van der Waals surface area contributed by atoms with Crippen LogP contribution in [0, 0.1) is 0 Å². The Hall–Kier alpha value is -1.84. The smallest absolute Gasteiger partial charge is 0.248 e. The van der Waals surface area contributed by atoms with Gasteiger partial charge in [0.25, 0.3) is 0 Å². The van der Waals surface area contributed by atoms with E-state index in [1.54, 1.807) is 4.90 Å². The van der Waals surface area contributed by atoms with Crippen molar-refractivity contribution in [3.63, 3.8) is 0 Å². The third-order valence-electron chi connectivity index (χ3n) is 6.11. The molecule has 2 aromatic rings. The van der Waals surface area contributed by atoms with Gasteiger partial charge in [-0.3, -0.25) is 4.79 Å². The van der Waals surface area contributed by atoms with Gasteiger partial charge in [-0.2, -0.15) is 4.31 Å². The Labute approximate surface area is 204 Å². The number of piperazine rings is 1. The Morgan fingerprint density at radius 1 is 0.970 bits per heavy atom. The van der Waals surface area contributed by atoms with E-state index in [2.05, 4.69) is 17.0 Å². The highest BCUT2D eigenvalue weighted by Gasteiger charge is 2.36. The van der Waals surface area contributed by atoms with Crippen molar-refractivity contribution in [3.8, 4) is 0 Å². The normalized spacial score (nSPS) is 19.8. The highest BCUT2D eigenvalue weighted by Crippen LogP contribution is 2.30. The van der Waals surface area contributed by atoms with Crippen LogP contribution in [0.3, 0.4) is 0 Å². The van der Waals surface area contributed by atoms with Crippen molar-refractivity contribution < 1.29 is 17.9 Å². The lowest BCUT2D eigenvalue weighted by atomic mass is 10.2. The molecule has 0 aliphatic carbocycles. The quantitative estimate of drug-likeness (QED) is 0.568. The summed E-state index contributed by atoms with van der Waals surface area (Å²) in [6.07, 6.45) is 1.43. The Kier molecular flexibility index (Phi) is 7.81. The van der Waals surface area contributed by atoms with E-state index in [4.69, 9.17) is 27.9 Å². The van der Waals surface area contributed by atoms with Crippen molar-refractivity contribution in [1.82, 2.24) is 9.21 Å². The van der Waals surface area contributed by atoms with Crippen LogP contribution in [0.1, 0.15) is 12.8 Å². The molecule has 4 rings (SSSR count). The molecule has 178 valence electrons. The lowest BCUT2D eigenvalue weighted by Gasteiger charge is -2.36. The minimum atomic E-state index is -3.72. The van der Waals surface area contributed by atoms with Gasteiger partial charge >= 0.3 is 0 Å². The second-order valence-electron chi connectivity index (χ2n) is 8.21. The molecule has 0 aromatic heterocycles. The van der Waals surface area contributed by atoms with Crippen molar-refractivity contribution >= 4 is 44.8 Å². The van der Waals surface area contributed by atoms with E-state index >= 15 is 0 Å². The molecule has 10 heteroatoms. The summed E-state index contributed by atoms with van der Waals surface area (Å²) in [6, 6.07) is 14.1. The number of benzene rings is 2. The first-order chi connectivity index (χ1) is 15.9.